The second-order valence-electron chi connectivity index (χ2n) is 10.2. The second kappa shape index (κ2) is 13.2. The summed E-state index contributed by atoms with van der Waals surface area (Å²) in [6, 6.07) is 24.1. The third kappa shape index (κ3) is 6.68. The normalized spacial score (nSPS) is 13.9. The molecule has 2 heterocycles. The Morgan fingerprint density at radius 3 is 2.29 bits per heavy atom. The smallest absolute Gasteiger partial charge is 0.291 e. The van der Waals surface area contributed by atoms with Crippen molar-refractivity contribution in [2.24, 2.45) is 0 Å². The summed E-state index contributed by atoms with van der Waals surface area (Å²) in [6.07, 6.45) is 2.13. The van der Waals surface area contributed by atoms with Crippen LogP contribution in [-0.4, -0.2) is 48.8 Å². The van der Waals surface area contributed by atoms with Crippen molar-refractivity contribution in [3.05, 3.63) is 119 Å². The number of carbonyl (C=O) groups excluding carboxylic acids is 3. The first-order valence-electron chi connectivity index (χ1n) is 14.0. The van der Waals surface area contributed by atoms with Gasteiger partial charge in [-0.05, 0) is 60.0 Å². The number of rotatable bonds is 9. The number of hydrogen-bond acceptors (Lipinski definition) is 5. The van der Waals surface area contributed by atoms with Gasteiger partial charge in [-0.1, -0.05) is 49.4 Å². The molecule has 0 aliphatic carbocycles. The van der Waals surface area contributed by atoms with Crippen molar-refractivity contribution in [2.75, 3.05) is 36.4 Å². The number of furan rings is 1. The number of halogens is 1. The Balaban J connectivity index is 1.32. The van der Waals surface area contributed by atoms with Gasteiger partial charge in [0.2, 0.25) is 5.91 Å². The number of nitrogens with one attached hydrogen (secondary N) is 2. The highest BCUT2D eigenvalue weighted by molar-refractivity contribution is 6.05. The first kappa shape index (κ1) is 28.6. The zero-order chi connectivity index (χ0) is 29.5. The molecule has 1 aromatic heterocycles. The van der Waals surface area contributed by atoms with Crippen LogP contribution >= 0.6 is 0 Å². The summed E-state index contributed by atoms with van der Waals surface area (Å²) in [6.45, 7) is 4.38. The number of piperazine rings is 1. The summed E-state index contributed by atoms with van der Waals surface area (Å²) in [5.74, 6) is -1.04. The number of benzene rings is 3. The SMILES string of the molecule is CCC(C(=O)N1CCN(c2ccc(NC(=O)c3ccco3)cc2C(=O)NCc2ccc(F)cc2)CC1)c1ccccc1. The van der Waals surface area contributed by atoms with Gasteiger partial charge in [0, 0.05) is 44.1 Å². The molecule has 2 N–H and O–H groups in total. The lowest BCUT2D eigenvalue weighted by Crippen LogP contribution is -2.50. The minimum Gasteiger partial charge on any atom is -0.459 e. The van der Waals surface area contributed by atoms with E-state index in [4.69, 9.17) is 4.42 Å². The summed E-state index contributed by atoms with van der Waals surface area (Å²) in [7, 11) is 0. The van der Waals surface area contributed by atoms with Crippen LogP contribution in [0.2, 0.25) is 0 Å². The molecule has 1 aliphatic heterocycles. The van der Waals surface area contributed by atoms with Crippen LogP contribution in [0.3, 0.4) is 0 Å². The largest absolute Gasteiger partial charge is 0.459 e. The molecular weight excluding hydrogens is 535 g/mol. The third-order valence-electron chi connectivity index (χ3n) is 7.45. The van der Waals surface area contributed by atoms with E-state index < -0.39 is 5.91 Å². The molecule has 0 saturated carbocycles. The van der Waals surface area contributed by atoms with Gasteiger partial charge in [-0.25, -0.2) is 4.39 Å². The summed E-state index contributed by atoms with van der Waals surface area (Å²) < 4.78 is 18.5. The van der Waals surface area contributed by atoms with Gasteiger partial charge in [0.05, 0.1) is 17.7 Å². The highest BCUT2D eigenvalue weighted by atomic mass is 19.1. The van der Waals surface area contributed by atoms with E-state index in [1.165, 1.54) is 18.4 Å². The van der Waals surface area contributed by atoms with E-state index in [9.17, 15) is 18.8 Å². The highest BCUT2D eigenvalue weighted by Gasteiger charge is 2.29. The van der Waals surface area contributed by atoms with E-state index in [1.807, 2.05) is 42.2 Å². The molecule has 1 fully saturated rings. The number of hydrogen-bond donors (Lipinski definition) is 2. The van der Waals surface area contributed by atoms with Crippen LogP contribution in [0.4, 0.5) is 15.8 Å². The van der Waals surface area contributed by atoms with Crippen molar-refractivity contribution >= 4 is 29.1 Å². The Kier molecular flexibility index (Phi) is 8.96. The molecule has 1 aliphatic rings. The van der Waals surface area contributed by atoms with Gasteiger partial charge in [-0.2, -0.15) is 0 Å². The van der Waals surface area contributed by atoms with E-state index in [1.54, 1.807) is 42.5 Å². The van der Waals surface area contributed by atoms with Crippen molar-refractivity contribution < 1.29 is 23.2 Å². The van der Waals surface area contributed by atoms with Crippen molar-refractivity contribution in [3.8, 4) is 0 Å². The average Bonchev–Trinajstić information content (AvgIpc) is 3.57. The maximum absolute atomic E-state index is 13.5. The maximum atomic E-state index is 13.5. The second-order valence-corrected chi connectivity index (χ2v) is 10.2. The minimum absolute atomic E-state index is 0.108. The summed E-state index contributed by atoms with van der Waals surface area (Å²) in [5, 5.41) is 5.69. The predicted octanol–water partition coefficient (Wildman–Crippen LogP) is 5.44. The van der Waals surface area contributed by atoms with Gasteiger partial charge < -0.3 is 24.9 Å². The zero-order valence-electron chi connectivity index (χ0n) is 23.4. The lowest BCUT2D eigenvalue weighted by atomic mass is 9.94. The Morgan fingerprint density at radius 2 is 1.62 bits per heavy atom. The van der Waals surface area contributed by atoms with E-state index >= 15 is 0 Å². The molecule has 9 heteroatoms. The van der Waals surface area contributed by atoms with E-state index in [-0.39, 0.29) is 35.9 Å². The lowest BCUT2D eigenvalue weighted by Gasteiger charge is -2.38. The van der Waals surface area contributed by atoms with Crippen molar-refractivity contribution in [3.63, 3.8) is 0 Å². The molecule has 1 unspecified atom stereocenters. The maximum Gasteiger partial charge on any atom is 0.291 e. The molecule has 3 aromatic carbocycles. The molecule has 1 atom stereocenters. The fraction of sp³-hybridized carbons (Fsp3) is 0.242. The van der Waals surface area contributed by atoms with E-state index in [0.29, 0.717) is 49.5 Å². The molecule has 0 spiro atoms. The Labute approximate surface area is 244 Å². The number of carbonyl (C=O) groups is 3. The molecular formula is C33H33FN4O4. The molecule has 0 bridgehead atoms. The zero-order valence-corrected chi connectivity index (χ0v) is 23.4. The van der Waals surface area contributed by atoms with Crippen molar-refractivity contribution in [1.29, 1.82) is 0 Å². The fourth-order valence-corrected chi connectivity index (χ4v) is 5.18. The van der Waals surface area contributed by atoms with Crippen molar-refractivity contribution in [1.82, 2.24) is 10.2 Å². The van der Waals surface area contributed by atoms with Gasteiger partial charge in [0.25, 0.3) is 11.8 Å². The summed E-state index contributed by atoms with van der Waals surface area (Å²) in [4.78, 5) is 43.4. The Hall–Kier alpha value is -4.92. The van der Waals surface area contributed by atoms with Gasteiger partial charge in [0.1, 0.15) is 5.82 Å². The van der Waals surface area contributed by atoms with Gasteiger partial charge in [0.15, 0.2) is 5.76 Å². The number of amides is 3. The lowest BCUT2D eigenvalue weighted by molar-refractivity contribution is -0.133. The van der Waals surface area contributed by atoms with Crippen LogP contribution in [0, 0.1) is 5.82 Å². The number of anilines is 2. The molecule has 42 heavy (non-hydrogen) atoms. The Bertz CT molecular complexity index is 1520. The summed E-state index contributed by atoms with van der Waals surface area (Å²) in [5.41, 5.74) is 3.29. The molecule has 5 rings (SSSR count). The van der Waals surface area contributed by atoms with Crippen LogP contribution in [0.5, 0.6) is 0 Å². The van der Waals surface area contributed by atoms with Crippen LogP contribution in [-0.2, 0) is 11.3 Å². The molecule has 3 amide bonds. The predicted molar refractivity (Wildman–Crippen MR) is 159 cm³/mol. The standard InChI is InChI=1S/C33H33FN4O4/c1-2-27(24-7-4-3-5-8-24)33(41)38-18-16-37(17-19-38)29-15-14-26(36-32(40)30-9-6-20-42-30)21-28(29)31(39)35-22-23-10-12-25(34)13-11-23/h3-15,20-21,27H,2,16-19,22H2,1H3,(H,35,39)(H,36,40). The van der Waals surface area contributed by atoms with Crippen LogP contribution in [0.25, 0.3) is 0 Å². The van der Waals surface area contributed by atoms with Crippen molar-refractivity contribution in [2.45, 2.75) is 25.8 Å². The minimum atomic E-state index is -0.429. The van der Waals surface area contributed by atoms with E-state index in [2.05, 4.69) is 15.5 Å². The highest BCUT2D eigenvalue weighted by Crippen LogP contribution is 2.28. The number of nitrogens with zero attached hydrogens (tertiary/aromatic N) is 2. The molecule has 1 saturated heterocycles. The van der Waals surface area contributed by atoms with Crippen LogP contribution < -0.4 is 15.5 Å². The monoisotopic (exact) mass is 568 g/mol. The van der Waals surface area contributed by atoms with E-state index in [0.717, 1.165) is 11.1 Å². The third-order valence-corrected chi connectivity index (χ3v) is 7.45. The Morgan fingerprint density at radius 1 is 0.881 bits per heavy atom. The first-order chi connectivity index (χ1) is 20.4. The van der Waals surface area contributed by atoms with Gasteiger partial charge in [-0.15, -0.1) is 0 Å². The van der Waals surface area contributed by atoms with Gasteiger partial charge in [-0.3, -0.25) is 14.4 Å². The topological polar surface area (TPSA) is 94.9 Å². The van der Waals surface area contributed by atoms with Crippen LogP contribution in [0.15, 0.2) is 95.6 Å². The fourth-order valence-electron chi connectivity index (χ4n) is 5.18. The molecule has 216 valence electrons. The molecule has 8 nitrogen and oxygen atoms in total. The van der Waals surface area contributed by atoms with Crippen LogP contribution in [0.1, 0.15) is 51.3 Å². The molecule has 4 aromatic rings. The van der Waals surface area contributed by atoms with Gasteiger partial charge >= 0.3 is 0 Å². The average molecular weight is 569 g/mol. The quantitative estimate of drug-likeness (QED) is 0.280. The summed E-state index contributed by atoms with van der Waals surface area (Å²) >= 11 is 0. The first-order valence-corrected chi connectivity index (χ1v) is 14.0. The molecule has 0 radical (unpaired) electrons.